The van der Waals surface area contributed by atoms with Crippen molar-refractivity contribution in [1.82, 2.24) is 15.5 Å². The van der Waals surface area contributed by atoms with E-state index in [9.17, 15) is 4.79 Å². The first-order valence-corrected chi connectivity index (χ1v) is 9.74. The summed E-state index contributed by atoms with van der Waals surface area (Å²) in [6.07, 6.45) is 0.761. The zero-order chi connectivity index (χ0) is 19.9. The summed E-state index contributed by atoms with van der Waals surface area (Å²) in [6.45, 7) is 7.01. The number of hydrogen-bond acceptors (Lipinski definition) is 4. The summed E-state index contributed by atoms with van der Waals surface area (Å²) in [6, 6.07) is 18.3. The molecule has 0 aliphatic rings. The Kier molecular flexibility index (Phi) is 6.58. The highest BCUT2D eigenvalue weighted by Crippen LogP contribution is 2.23. The van der Waals surface area contributed by atoms with Crippen LogP contribution in [0.3, 0.4) is 0 Å². The van der Waals surface area contributed by atoms with E-state index in [1.807, 2.05) is 49.4 Å². The molecule has 0 radical (unpaired) electrons. The number of rotatable bonds is 8. The summed E-state index contributed by atoms with van der Waals surface area (Å²) in [7, 11) is 0. The quantitative estimate of drug-likeness (QED) is 0.626. The van der Waals surface area contributed by atoms with Crippen LogP contribution in [0.15, 0.2) is 59.1 Å². The van der Waals surface area contributed by atoms with Gasteiger partial charge in [0.2, 0.25) is 17.6 Å². The van der Waals surface area contributed by atoms with Gasteiger partial charge in [0.25, 0.3) is 0 Å². The lowest BCUT2D eigenvalue weighted by molar-refractivity contribution is -0.121. The topological polar surface area (TPSA) is 68.0 Å². The molecule has 1 unspecified atom stereocenters. The number of aromatic nitrogens is 2. The predicted octanol–water partition coefficient (Wildman–Crippen LogP) is 4.53. The lowest BCUT2D eigenvalue weighted by Gasteiger charge is -2.21. The van der Waals surface area contributed by atoms with Crippen molar-refractivity contribution in [2.24, 2.45) is 5.92 Å². The summed E-state index contributed by atoms with van der Waals surface area (Å²) >= 11 is 0. The van der Waals surface area contributed by atoms with E-state index in [2.05, 4.69) is 41.4 Å². The second-order valence-electron chi connectivity index (χ2n) is 7.44. The van der Waals surface area contributed by atoms with Crippen LogP contribution < -0.4 is 5.32 Å². The van der Waals surface area contributed by atoms with E-state index in [-0.39, 0.29) is 5.91 Å². The van der Waals surface area contributed by atoms with E-state index in [0.717, 1.165) is 5.56 Å². The van der Waals surface area contributed by atoms with Gasteiger partial charge in [-0.1, -0.05) is 79.2 Å². The first-order valence-electron chi connectivity index (χ1n) is 9.74. The van der Waals surface area contributed by atoms with Crippen LogP contribution in [0.2, 0.25) is 0 Å². The molecule has 5 nitrogen and oxygen atoms in total. The number of nitrogens with one attached hydrogen (secondary N) is 1. The number of hydrogen-bond donors (Lipinski definition) is 1. The molecule has 0 fully saturated rings. The molecular weight excluding hydrogens is 350 g/mol. The summed E-state index contributed by atoms with van der Waals surface area (Å²) in [5.74, 6) is 1.77. The third-order valence-electron chi connectivity index (χ3n) is 4.90. The Morgan fingerprint density at radius 3 is 2.46 bits per heavy atom. The van der Waals surface area contributed by atoms with Crippen LogP contribution in [0.4, 0.5) is 0 Å². The lowest BCUT2D eigenvalue weighted by atomic mass is 9.88. The van der Waals surface area contributed by atoms with Gasteiger partial charge in [-0.25, -0.2) is 0 Å². The maximum Gasteiger partial charge on any atom is 0.227 e. The monoisotopic (exact) mass is 377 g/mol. The molecule has 0 bridgehead atoms. The van der Waals surface area contributed by atoms with Crippen LogP contribution in [-0.4, -0.2) is 22.6 Å². The minimum Gasteiger partial charge on any atom is -0.355 e. The molecule has 1 heterocycles. The van der Waals surface area contributed by atoms with E-state index >= 15 is 0 Å². The average Bonchev–Trinajstić information content (AvgIpc) is 3.17. The van der Waals surface area contributed by atoms with Crippen molar-refractivity contribution < 1.29 is 9.32 Å². The molecule has 1 atom stereocenters. The molecule has 0 spiro atoms. The van der Waals surface area contributed by atoms with Crippen LogP contribution in [0.1, 0.15) is 43.2 Å². The summed E-state index contributed by atoms with van der Waals surface area (Å²) in [4.78, 5) is 16.7. The Hall–Kier alpha value is -2.95. The number of carbonyl (C=O) groups is 1. The van der Waals surface area contributed by atoms with E-state index in [0.29, 0.717) is 42.9 Å². The lowest BCUT2D eigenvalue weighted by Crippen LogP contribution is -2.30. The molecule has 0 saturated carbocycles. The van der Waals surface area contributed by atoms with E-state index < -0.39 is 0 Å². The molecular formula is C23H27N3O2. The fourth-order valence-corrected chi connectivity index (χ4v) is 3.15. The Morgan fingerprint density at radius 1 is 1.07 bits per heavy atom. The molecule has 0 aliphatic heterocycles. The molecule has 146 valence electrons. The van der Waals surface area contributed by atoms with Crippen LogP contribution in [-0.2, 0) is 11.2 Å². The smallest absolute Gasteiger partial charge is 0.227 e. The standard InChI is InChI=1S/C23H27N3O2/c1-16(2)20(18-7-5-4-6-8-18)15-24-21(27)13-14-22-25-23(26-28-22)19-11-9-17(3)10-12-19/h4-12,16,20H,13-15H2,1-3H3,(H,24,27). The maximum absolute atomic E-state index is 12.3. The zero-order valence-corrected chi connectivity index (χ0v) is 16.7. The fourth-order valence-electron chi connectivity index (χ4n) is 3.15. The van der Waals surface area contributed by atoms with Gasteiger partial charge in [-0.2, -0.15) is 4.98 Å². The highest BCUT2D eigenvalue weighted by atomic mass is 16.5. The van der Waals surface area contributed by atoms with Crippen molar-refractivity contribution in [3.8, 4) is 11.4 Å². The van der Waals surface area contributed by atoms with E-state index in [1.54, 1.807) is 0 Å². The van der Waals surface area contributed by atoms with Gasteiger partial charge in [-0.15, -0.1) is 0 Å². The fraction of sp³-hybridized carbons (Fsp3) is 0.348. The van der Waals surface area contributed by atoms with Crippen LogP contribution in [0.5, 0.6) is 0 Å². The molecule has 2 aromatic carbocycles. The van der Waals surface area contributed by atoms with Crippen molar-refractivity contribution in [1.29, 1.82) is 0 Å². The molecule has 1 N–H and O–H groups in total. The van der Waals surface area contributed by atoms with Crippen molar-refractivity contribution in [2.45, 2.75) is 39.5 Å². The van der Waals surface area contributed by atoms with Crippen LogP contribution in [0, 0.1) is 12.8 Å². The first kappa shape index (κ1) is 19.8. The minimum absolute atomic E-state index is 0.00309. The molecule has 0 aliphatic carbocycles. The normalized spacial score (nSPS) is 12.1. The van der Waals surface area contributed by atoms with E-state index in [1.165, 1.54) is 11.1 Å². The van der Waals surface area contributed by atoms with Crippen molar-refractivity contribution >= 4 is 5.91 Å². The van der Waals surface area contributed by atoms with Gasteiger partial charge in [0, 0.05) is 30.9 Å². The second-order valence-corrected chi connectivity index (χ2v) is 7.44. The highest BCUT2D eigenvalue weighted by molar-refractivity contribution is 5.76. The summed E-state index contributed by atoms with van der Waals surface area (Å²) in [5.41, 5.74) is 3.34. The second kappa shape index (κ2) is 9.31. The van der Waals surface area contributed by atoms with Crippen LogP contribution in [0.25, 0.3) is 11.4 Å². The van der Waals surface area contributed by atoms with E-state index in [4.69, 9.17) is 4.52 Å². The van der Waals surface area contributed by atoms with Crippen molar-refractivity contribution in [3.05, 3.63) is 71.6 Å². The predicted molar refractivity (Wildman–Crippen MR) is 110 cm³/mol. The van der Waals surface area contributed by atoms with Crippen molar-refractivity contribution in [2.75, 3.05) is 6.54 Å². The third kappa shape index (κ3) is 5.28. The Morgan fingerprint density at radius 2 is 1.79 bits per heavy atom. The number of aryl methyl sites for hydroxylation is 2. The van der Waals surface area contributed by atoms with Crippen molar-refractivity contribution in [3.63, 3.8) is 0 Å². The largest absolute Gasteiger partial charge is 0.355 e. The van der Waals surface area contributed by atoms with Gasteiger partial charge in [-0.05, 0) is 18.4 Å². The Balaban J connectivity index is 1.51. The number of benzene rings is 2. The average molecular weight is 377 g/mol. The van der Waals surface area contributed by atoms with Gasteiger partial charge >= 0.3 is 0 Å². The van der Waals surface area contributed by atoms with Gasteiger partial charge in [0.05, 0.1) is 0 Å². The SMILES string of the molecule is Cc1ccc(-c2noc(CCC(=O)NCC(c3ccccc3)C(C)C)n2)cc1. The molecule has 3 rings (SSSR count). The number of carbonyl (C=O) groups excluding carboxylic acids is 1. The van der Waals surface area contributed by atoms with Gasteiger partial charge in [0.1, 0.15) is 0 Å². The van der Waals surface area contributed by atoms with Crippen LogP contribution >= 0.6 is 0 Å². The first-order chi connectivity index (χ1) is 13.5. The summed E-state index contributed by atoms with van der Waals surface area (Å²) in [5, 5.41) is 7.06. The molecule has 28 heavy (non-hydrogen) atoms. The Bertz CT molecular complexity index is 886. The van der Waals surface area contributed by atoms with Gasteiger partial charge in [0.15, 0.2) is 0 Å². The minimum atomic E-state index is -0.00309. The van der Waals surface area contributed by atoms with Gasteiger partial charge in [-0.3, -0.25) is 4.79 Å². The number of amides is 1. The summed E-state index contributed by atoms with van der Waals surface area (Å²) < 4.78 is 5.29. The van der Waals surface area contributed by atoms with Gasteiger partial charge < -0.3 is 9.84 Å². The molecule has 1 aromatic heterocycles. The Labute approximate surface area is 166 Å². The molecule has 5 heteroatoms. The molecule has 1 amide bonds. The third-order valence-corrected chi connectivity index (χ3v) is 4.90. The maximum atomic E-state index is 12.3. The highest BCUT2D eigenvalue weighted by Gasteiger charge is 2.17. The molecule has 3 aromatic rings. The molecule has 0 saturated heterocycles. The number of nitrogens with zero attached hydrogens (tertiary/aromatic N) is 2. The zero-order valence-electron chi connectivity index (χ0n) is 16.7.